The Hall–Kier alpha value is -3.10. The van der Waals surface area contributed by atoms with Gasteiger partial charge in [-0.2, -0.15) is 0 Å². The third-order valence-electron chi connectivity index (χ3n) is 6.39. The third kappa shape index (κ3) is 4.03. The average Bonchev–Trinajstić information content (AvgIpc) is 3.28. The number of imidazole rings is 1. The average molecular weight is 436 g/mol. The summed E-state index contributed by atoms with van der Waals surface area (Å²) in [4.78, 5) is 24.2. The third-order valence-corrected chi connectivity index (χ3v) is 6.39. The van der Waals surface area contributed by atoms with Crippen LogP contribution in [-0.4, -0.2) is 44.5 Å². The van der Waals surface area contributed by atoms with Crippen LogP contribution in [0.5, 0.6) is 0 Å². The zero-order valence-corrected chi connectivity index (χ0v) is 18.0. The van der Waals surface area contributed by atoms with Crippen LogP contribution >= 0.6 is 0 Å². The van der Waals surface area contributed by atoms with Gasteiger partial charge in [-0.1, -0.05) is 12.1 Å². The Labute approximate surface area is 186 Å². The topological polar surface area (TPSA) is 72.3 Å². The fraction of sp³-hybridized carbons (Fsp3) is 0.375. The van der Waals surface area contributed by atoms with Crippen molar-refractivity contribution in [3.8, 4) is 0 Å². The van der Waals surface area contributed by atoms with Crippen LogP contribution in [0.2, 0.25) is 0 Å². The van der Waals surface area contributed by atoms with E-state index >= 15 is 0 Å². The second-order valence-corrected chi connectivity index (χ2v) is 8.53. The van der Waals surface area contributed by atoms with Gasteiger partial charge in [0.25, 0.3) is 5.91 Å². The molecule has 0 saturated carbocycles. The number of rotatable bonds is 4. The van der Waals surface area contributed by atoms with Gasteiger partial charge >= 0.3 is 0 Å². The van der Waals surface area contributed by atoms with Crippen LogP contribution in [-0.2, 0) is 28.2 Å². The van der Waals surface area contributed by atoms with Crippen LogP contribution in [0.15, 0.2) is 55.0 Å². The van der Waals surface area contributed by atoms with E-state index in [2.05, 4.69) is 20.2 Å². The number of halogens is 1. The predicted molar refractivity (Wildman–Crippen MR) is 117 cm³/mol. The lowest BCUT2D eigenvalue weighted by Crippen LogP contribution is -2.53. The molecule has 4 heterocycles. The van der Waals surface area contributed by atoms with Crippen LogP contribution in [0, 0.1) is 12.7 Å². The molecular formula is C24H26FN5O2. The molecule has 8 heteroatoms. The van der Waals surface area contributed by atoms with E-state index in [4.69, 9.17) is 4.74 Å². The second-order valence-electron chi connectivity index (χ2n) is 8.53. The van der Waals surface area contributed by atoms with Crippen molar-refractivity contribution in [2.75, 3.05) is 18.4 Å². The largest absolute Gasteiger partial charge is 0.352 e. The highest BCUT2D eigenvalue weighted by Gasteiger charge is 2.47. The normalized spacial score (nSPS) is 20.1. The number of fused-ring (bicyclic) bond motifs is 2. The minimum absolute atomic E-state index is 0.173. The molecule has 166 valence electrons. The van der Waals surface area contributed by atoms with E-state index in [-0.39, 0.29) is 11.7 Å². The molecule has 5 rings (SSSR count). The predicted octanol–water partition coefficient (Wildman–Crippen LogP) is 3.25. The lowest BCUT2D eigenvalue weighted by molar-refractivity contribution is -0.170. The smallest absolute Gasteiger partial charge is 0.255 e. The zero-order chi connectivity index (χ0) is 22.1. The van der Waals surface area contributed by atoms with Gasteiger partial charge < -0.3 is 14.6 Å². The maximum atomic E-state index is 13.2. The number of amides is 1. The lowest BCUT2D eigenvalue weighted by Gasteiger charge is -2.45. The Morgan fingerprint density at radius 3 is 2.72 bits per heavy atom. The van der Waals surface area contributed by atoms with E-state index in [1.807, 2.05) is 35.9 Å². The van der Waals surface area contributed by atoms with Gasteiger partial charge in [0, 0.05) is 38.2 Å². The Morgan fingerprint density at radius 1 is 1.19 bits per heavy atom. The fourth-order valence-corrected chi connectivity index (χ4v) is 4.62. The molecule has 2 aliphatic rings. The number of aromatic nitrogens is 3. The highest BCUT2D eigenvalue weighted by Crippen LogP contribution is 2.40. The second kappa shape index (κ2) is 8.44. The summed E-state index contributed by atoms with van der Waals surface area (Å²) in [5.74, 6) is 0.494. The van der Waals surface area contributed by atoms with E-state index in [9.17, 15) is 9.18 Å². The molecule has 1 atom stereocenters. The van der Waals surface area contributed by atoms with Gasteiger partial charge in [0.15, 0.2) is 6.10 Å². The number of hydrogen-bond donors (Lipinski definition) is 1. The van der Waals surface area contributed by atoms with Crippen molar-refractivity contribution < 1.29 is 13.9 Å². The molecule has 3 aromatic rings. The van der Waals surface area contributed by atoms with Crippen LogP contribution in [0.4, 0.5) is 10.1 Å². The highest BCUT2D eigenvalue weighted by molar-refractivity contribution is 5.94. The Bertz CT molecular complexity index is 1110. The van der Waals surface area contributed by atoms with Crippen LogP contribution in [0.3, 0.4) is 0 Å². The van der Waals surface area contributed by atoms with Gasteiger partial charge in [0.05, 0.1) is 17.9 Å². The maximum Gasteiger partial charge on any atom is 0.255 e. The number of piperidine rings is 1. The van der Waals surface area contributed by atoms with Gasteiger partial charge in [-0.3, -0.25) is 14.7 Å². The van der Waals surface area contributed by atoms with E-state index in [0.717, 1.165) is 49.6 Å². The molecule has 1 spiro atoms. The summed E-state index contributed by atoms with van der Waals surface area (Å²) in [7, 11) is 0. The molecular weight excluding hydrogens is 409 g/mol. The fourth-order valence-electron chi connectivity index (χ4n) is 4.62. The number of hydrogen-bond acceptors (Lipinski definition) is 5. The Morgan fingerprint density at radius 2 is 1.97 bits per heavy atom. The van der Waals surface area contributed by atoms with Crippen molar-refractivity contribution in [2.24, 2.45) is 0 Å². The number of carbonyl (C=O) groups excluding carboxylic acids is 1. The number of ether oxygens (including phenoxy) is 1. The standard InChI is InChI=1S/C24H26FN5O2/c1-17-20(3-2-10-26-17)28-22(31)21-16-30-14-11-27-23(30)24(32-21)8-12-29(13-9-24)15-18-4-6-19(25)7-5-18/h2-7,10-11,14,21H,8-9,12-13,15-16H2,1H3,(H,28,31). The molecule has 32 heavy (non-hydrogen) atoms. The van der Waals surface area contributed by atoms with Crippen molar-refractivity contribution in [2.45, 2.75) is 44.6 Å². The van der Waals surface area contributed by atoms with Crippen molar-refractivity contribution in [1.29, 1.82) is 0 Å². The molecule has 0 bridgehead atoms. The molecule has 2 aliphatic heterocycles. The van der Waals surface area contributed by atoms with Crippen molar-refractivity contribution >= 4 is 11.6 Å². The number of pyridine rings is 1. The van der Waals surface area contributed by atoms with Crippen molar-refractivity contribution in [3.05, 3.63) is 77.9 Å². The molecule has 1 N–H and O–H groups in total. The highest BCUT2D eigenvalue weighted by atomic mass is 19.1. The van der Waals surface area contributed by atoms with Gasteiger partial charge in [0.2, 0.25) is 0 Å². The summed E-state index contributed by atoms with van der Waals surface area (Å²) in [5, 5.41) is 2.97. The summed E-state index contributed by atoms with van der Waals surface area (Å²) in [6, 6.07) is 10.3. The molecule has 2 aromatic heterocycles. The van der Waals surface area contributed by atoms with E-state index < -0.39 is 11.7 Å². The molecule has 1 fully saturated rings. The minimum atomic E-state index is -0.611. The van der Waals surface area contributed by atoms with Gasteiger partial charge in [-0.25, -0.2) is 9.37 Å². The number of likely N-dealkylation sites (tertiary alicyclic amines) is 1. The number of carbonyl (C=O) groups is 1. The summed E-state index contributed by atoms with van der Waals surface area (Å²) in [6.07, 6.45) is 6.26. The summed E-state index contributed by atoms with van der Waals surface area (Å²) in [6.45, 7) is 4.67. The zero-order valence-electron chi connectivity index (χ0n) is 18.0. The van der Waals surface area contributed by atoms with Crippen molar-refractivity contribution in [1.82, 2.24) is 19.4 Å². The first-order valence-electron chi connectivity index (χ1n) is 10.9. The lowest BCUT2D eigenvalue weighted by atomic mass is 9.88. The van der Waals surface area contributed by atoms with Crippen molar-refractivity contribution in [3.63, 3.8) is 0 Å². The van der Waals surface area contributed by atoms with E-state index in [1.165, 1.54) is 12.1 Å². The van der Waals surface area contributed by atoms with E-state index in [1.54, 1.807) is 18.5 Å². The van der Waals surface area contributed by atoms with Gasteiger partial charge in [-0.15, -0.1) is 0 Å². The molecule has 1 amide bonds. The first-order valence-corrected chi connectivity index (χ1v) is 10.9. The Kier molecular flexibility index (Phi) is 5.48. The molecule has 1 saturated heterocycles. The molecule has 1 aromatic carbocycles. The van der Waals surface area contributed by atoms with Crippen LogP contribution in [0.25, 0.3) is 0 Å². The number of nitrogens with zero attached hydrogens (tertiary/aromatic N) is 4. The molecule has 0 aliphatic carbocycles. The molecule has 7 nitrogen and oxygen atoms in total. The van der Waals surface area contributed by atoms with Gasteiger partial charge in [-0.05, 0) is 49.6 Å². The molecule has 0 radical (unpaired) electrons. The first kappa shape index (κ1) is 20.8. The maximum absolute atomic E-state index is 13.2. The SMILES string of the molecule is Cc1ncccc1NC(=O)C1Cn2ccnc2C2(CCN(Cc3ccc(F)cc3)CC2)O1. The van der Waals surface area contributed by atoms with E-state index in [0.29, 0.717) is 12.2 Å². The monoisotopic (exact) mass is 435 g/mol. The minimum Gasteiger partial charge on any atom is -0.352 e. The quantitative estimate of drug-likeness (QED) is 0.681. The number of aryl methyl sites for hydroxylation is 1. The van der Waals surface area contributed by atoms with Gasteiger partial charge in [0.1, 0.15) is 17.2 Å². The summed E-state index contributed by atoms with van der Waals surface area (Å²) in [5.41, 5.74) is 1.95. The summed E-state index contributed by atoms with van der Waals surface area (Å²) >= 11 is 0. The summed E-state index contributed by atoms with van der Waals surface area (Å²) < 4.78 is 21.7. The molecule has 1 unspecified atom stereocenters. The van der Waals surface area contributed by atoms with Crippen LogP contribution < -0.4 is 5.32 Å². The number of benzene rings is 1. The first-order chi connectivity index (χ1) is 15.5. The number of nitrogens with one attached hydrogen (secondary N) is 1. The van der Waals surface area contributed by atoms with Crippen LogP contribution in [0.1, 0.15) is 29.9 Å². The number of anilines is 1. The Balaban J connectivity index is 1.30.